The molecule has 0 aliphatic carbocycles. The largest absolute Gasteiger partial charge is 0.481 e. The summed E-state index contributed by atoms with van der Waals surface area (Å²) in [7, 11) is -4.28. The van der Waals surface area contributed by atoms with Gasteiger partial charge in [-0.25, -0.2) is 18.8 Å². The van der Waals surface area contributed by atoms with Gasteiger partial charge in [-0.05, 0) is 11.8 Å². The summed E-state index contributed by atoms with van der Waals surface area (Å²) in [6.07, 6.45) is -8.05. The van der Waals surface area contributed by atoms with Crippen LogP contribution in [0.3, 0.4) is 0 Å². The van der Waals surface area contributed by atoms with Crippen LogP contribution in [0.4, 0.5) is 5.82 Å². The second-order valence-electron chi connectivity index (χ2n) is 9.38. The molecule has 43 heavy (non-hydrogen) atoms. The highest BCUT2D eigenvalue weighted by molar-refractivity contribution is 8.08. The molecule has 0 spiro atoms. The summed E-state index contributed by atoms with van der Waals surface area (Å²) in [6.45, 7) is -6.44. The number of anilines is 1. The number of aliphatic hydroxyl groups is 6. The maximum absolute atomic E-state index is 12.6. The first kappa shape index (κ1) is 34.2. The lowest BCUT2D eigenvalue weighted by molar-refractivity contribution is -0.292. The average molecular weight is 673 g/mol. The normalized spacial score (nSPS) is 36.6. The van der Waals surface area contributed by atoms with Crippen molar-refractivity contribution in [2.75, 3.05) is 26.1 Å². The summed E-state index contributed by atoms with van der Waals surface area (Å²) in [5, 5.41) is 60.0. The summed E-state index contributed by atoms with van der Waals surface area (Å²) < 4.78 is 48.7. The highest BCUT2D eigenvalue weighted by Crippen LogP contribution is 2.62. The number of hydrogen-bond donors (Lipinski definition) is 9. The lowest BCUT2D eigenvalue weighted by Gasteiger charge is -2.41. The van der Waals surface area contributed by atoms with Gasteiger partial charge in [0, 0.05) is 12.7 Å². The van der Waals surface area contributed by atoms with Crippen molar-refractivity contribution in [1.82, 2.24) is 9.97 Å². The third-order valence-electron chi connectivity index (χ3n) is 6.76. The fourth-order valence-corrected chi connectivity index (χ4v) is 7.69. The Balaban J connectivity index is 1.46. The SMILES string of the molecule is C#C[C@@]1(OC)[C@H](O)[C@@H](COP(O)(=S)OP(=O)(O)OC2OC([C@@H](O)CO)C(O)C(O)C2O)O[C@H]1c1coc2c(N)ncnc12. The molecule has 2 fully saturated rings. The predicted octanol–water partition coefficient (Wildman–Crippen LogP) is -2.85. The van der Waals surface area contributed by atoms with Crippen LogP contribution in [0.5, 0.6) is 0 Å². The molecule has 0 radical (unpaired) electrons. The number of fused-ring (bicyclic) bond motifs is 1. The second kappa shape index (κ2) is 13.0. The van der Waals surface area contributed by atoms with Crippen LogP contribution in [-0.4, -0.2) is 125 Å². The minimum Gasteiger partial charge on any atom is -0.458 e. The Morgan fingerprint density at radius 2 is 1.91 bits per heavy atom. The standard InChI is InChI=1S/C21H29N3O16P2S/c1-3-21(34-2)17(30)10(37-18(21)8-5-35-16-11(8)23-7-24-19(16)22)6-36-42(33,43)40-41(31,32)39-20-14(29)12(27)13(28)15(38-20)9(26)4-25/h1,5,7,9-10,12-15,17-18,20,25-30H,4,6H2,2H3,(H,31,32)(H,33,43)(H2,22,23,24)/t9-,10+,12?,13?,14?,15?,17+,18-,20?,21+,42?/m0/s1. The van der Waals surface area contributed by atoms with Gasteiger partial charge in [0.05, 0.1) is 19.5 Å². The van der Waals surface area contributed by atoms with E-state index in [2.05, 4.69) is 24.7 Å². The van der Waals surface area contributed by atoms with Crippen LogP contribution >= 0.6 is 14.5 Å². The molecule has 7 unspecified atom stereocenters. The zero-order chi connectivity index (χ0) is 31.9. The third kappa shape index (κ3) is 6.65. The Morgan fingerprint density at radius 1 is 1.21 bits per heavy atom. The van der Waals surface area contributed by atoms with E-state index >= 15 is 0 Å². The minimum absolute atomic E-state index is 0.0177. The zero-order valence-electron chi connectivity index (χ0n) is 22.0. The van der Waals surface area contributed by atoms with Crippen molar-refractivity contribution in [3.8, 4) is 12.3 Å². The summed E-state index contributed by atoms with van der Waals surface area (Å²) in [5.41, 5.74) is 4.50. The van der Waals surface area contributed by atoms with Crippen molar-refractivity contribution in [3.63, 3.8) is 0 Å². The number of terminal acetylenes is 1. The number of nitrogen functional groups attached to an aromatic ring is 1. The number of nitrogens with two attached hydrogens (primary N) is 1. The number of furan rings is 1. The molecule has 2 aliphatic heterocycles. The number of ether oxygens (including phenoxy) is 3. The van der Waals surface area contributed by atoms with Crippen molar-refractivity contribution >= 4 is 43.3 Å². The molecule has 4 rings (SSSR count). The molecule has 2 aromatic heterocycles. The van der Waals surface area contributed by atoms with Gasteiger partial charge in [0.1, 0.15) is 60.7 Å². The van der Waals surface area contributed by atoms with Crippen molar-refractivity contribution in [2.24, 2.45) is 0 Å². The summed E-state index contributed by atoms with van der Waals surface area (Å²) in [5.74, 6) is 2.36. The Labute approximate surface area is 247 Å². The quantitative estimate of drug-likeness (QED) is 0.0856. The third-order valence-corrected chi connectivity index (χ3v) is 10.3. The highest BCUT2D eigenvalue weighted by atomic mass is 32.5. The number of nitrogens with zero attached hydrogens (tertiary/aromatic N) is 2. The monoisotopic (exact) mass is 673 g/mol. The van der Waals surface area contributed by atoms with Gasteiger partial charge in [-0.15, -0.1) is 6.42 Å². The maximum atomic E-state index is 12.6. The average Bonchev–Trinajstić information content (AvgIpc) is 3.50. The Hall–Kier alpha value is -1.70. The lowest BCUT2D eigenvalue weighted by Crippen LogP contribution is -2.61. The summed E-state index contributed by atoms with van der Waals surface area (Å²) >= 11 is 4.78. The number of rotatable bonds is 11. The predicted molar refractivity (Wildman–Crippen MR) is 143 cm³/mol. The van der Waals surface area contributed by atoms with E-state index in [4.69, 9.17) is 52.2 Å². The molecule has 12 atom stereocenters. The van der Waals surface area contributed by atoms with Crippen LogP contribution in [0.25, 0.3) is 11.1 Å². The zero-order valence-corrected chi connectivity index (χ0v) is 24.6. The van der Waals surface area contributed by atoms with Crippen LogP contribution in [-0.2, 0) is 43.9 Å². The molecule has 0 bridgehead atoms. The van der Waals surface area contributed by atoms with Crippen molar-refractivity contribution in [2.45, 2.75) is 60.7 Å². The van der Waals surface area contributed by atoms with Gasteiger partial charge in [0.2, 0.25) is 0 Å². The molecule has 240 valence electrons. The van der Waals surface area contributed by atoms with Gasteiger partial charge in [-0.1, -0.05) is 5.92 Å². The van der Waals surface area contributed by atoms with E-state index in [1.165, 1.54) is 13.4 Å². The molecule has 2 aromatic rings. The molecular formula is C21H29N3O16P2S. The van der Waals surface area contributed by atoms with E-state index < -0.39 is 88.5 Å². The molecule has 22 heteroatoms. The smallest absolute Gasteiger partial charge is 0.458 e. The molecule has 4 heterocycles. The van der Waals surface area contributed by atoms with E-state index in [1.807, 2.05) is 0 Å². The van der Waals surface area contributed by atoms with Gasteiger partial charge in [0.25, 0.3) is 0 Å². The molecule has 0 amide bonds. The van der Waals surface area contributed by atoms with Gasteiger partial charge in [-0.3, -0.25) is 4.52 Å². The fourth-order valence-electron chi connectivity index (χ4n) is 4.59. The summed E-state index contributed by atoms with van der Waals surface area (Å²) in [6, 6.07) is 0. The van der Waals surface area contributed by atoms with Gasteiger partial charge in [0.15, 0.2) is 23.3 Å². The number of phosphoric acid groups is 1. The van der Waals surface area contributed by atoms with Crippen molar-refractivity contribution < 1.29 is 77.0 Å². The van der Waals surface area contributed by atoms with Gasteiger partial charge < -0.3 is 69.3 Å². The van der Waals surface area contributed by atoms with E-state index in [-0.39, 0.29) is 22.5 Å². The highest BCUT2D eigenvalue weighted by Gasteiger charge is 2.58. The molecule has 2 saturated heterocycles. The second-order valence-corrected chi connectivity index (χ2v) is 13.8. The number of methoxy groups -OCH3 is 1. The molecule has 2 aliphatic rings. The first-order valence-electron chi connectivity index (χ1n) is 12.1. The first-order chi connectivity index (χ1) is 20.1. The van der Waals surface area contributed by atoms with Crippen LogP contribution in [0.1, 0.15) is 11.7 Å². The van der Waals surface area contributed by atoms with Gasteiger partial charge >= 0.3 is 14.5 Å². The Kier molecular flexibility index (Phi) is 10.3. The van der Waals surface area contributed by atoms with Crippen LogP contribution in [0.15, 0.2) is 17.0 Å². The number of hydrogen-bond acceptors (Lipinski definition) is 18. The van der Waals surface area contributed by atoms with Crippen LogP contribution < -0.4 is 5.73 Å². The van der Waals surface area contributed by atoms with Gasteiger partial charge in [-0.2, -0.15) is 0 Å². The summed E-state index contributed by atoms with van der Waals surface area (Å²) in [4.78, 5) is 28.6. The Morgan fingerprint density at radius 3 is 2.53 bits per heavy atom. The molecule has 10 N–H and O–H groups in total. The van der Waals surface area contributed by atoms with Crippen LogP contribution in [0.2, 0.25) is 0 Å². The Bertz CT molecular complexity index is 1440. The van der Waals surface area contributed by atoms with E-state index in [0.29, 0.717) is 0 Å². The van der Waals surface area contributed by atoms with Crippen molar-refractivity contribution in [3.05, 3.63) is 18.2 Å². The number of phosphoric ester groups is 1. The van der Waals surface area contributed by atoms with E-state index in [9.17, 15) is 39.9 Å². The van der Waals surface area contributed by atoms with E-state index in [1.54, 1.807) is 0 Å². The topological polar surface area (TPSA) is 299 Å². The maximum Gasteiger partial charge on any atom is 0.481 e. The number of aliphatic hydroxyl groups excluding tert-OH is 6. The minimum atomic E-state index is -5.48. The molecule has 19 nitrogen and oxygen atoms in total. The van der Waals surface area contributed by atoms with E-state index in [0.717, 1.165) is 6.33 Å². The fraction of sp³-hybridized carbons (Fsp3) is 0.619. The van der Waals surface area contributed by atoms with Crippen LogP contribution in [0, 0.1) is 12.3 Å². The molecular weight excluding hydrogens is 644 g/mol. The van der Waals surface area contributed by atoms with Crippen molar-refractivity contribution in [1.29, 1.82) is 0 Å². The number of aromatic nitrogens is 2. The first-order valence-corrected chi connectivity index (χ1v) is 16.2. The lowest BCUT2D eigenvalue weighted by atomic mass is 9.88. The molecule has 0 aromatic carbocycles. The molecule has 0 saturated carbocycles.